The van der Waals surface area contributed by atoms with Crippen molar-refractivity contribution in [1.29, 1.82) is 0 Å². The maximum absolute atomic E-state index is 12.1. The number of hydrogen-bond donors (Lipinski definition) is 2. The molecular formula is C23H23ClN4O3. The van der Waals surface area contributed by atoms with E-state index >= 15 is 0 Å². The van der Waals surface area contributed by atoms with Gasteiger partial charge in [-0.15, -0.1) is 0 Å². The van der Waals surface area contributed by atoms with Crippen molar-refractivity contribution < 1.29 is 14.3 Å². The number of nitrogens with zero attached hydrogens (tertiary/aromatic N) is 2. The molecule has 0 fully saturated rings. The van der Waals surface area contributed by atoms with Crippen LogP contribution in [-0.4, -0.2) is 29.7 Å². The van der Waals surface area contributed by atoms with E-state index < -0.39 is 11.8 Å². The molecule has 0 spiro atoms. The van der Waals surface area contributed by atoms with Crippen LogP contribution < -0.4 is 15.5 Å². The molecule has 160 valence electrons. The van der Waals surface area contributed by atoms with Crippen LogP contribution in [0.3, 0.4) is 0 Å². The maximum Gasteiger partial charge on any atom is 0.329 e. The zero-order chi connectivity index (χ0) is 22.5. The van der Waals surface area contributed by atoms with Gasteiger partial charge in [-0.05, 0) is 56.7 Å². The number of benzene rings is 2. The Hall–Kier alpha value is -3.58. The summed E-state index contributed by atoms with van der Waals surface area (Å²) in [4.78, 5) is 24.1. The molecule has 0 saturated heterocycles. The first-order valence-corrected chi connectivity index (χ1v) is 9.92. The Balaban J connectivity index is 1.70. The number of amides is 2. The fourth-order valence-corrected chi connectivity index (χ4v) is 3.38. The first-order valence-electron chi connectivity index (χ1n) is 9.54. The van der Waals surface area contributed by atoms with Crippen LogP contribution in [0, 0.1) is 20.8 Å². The van der Waals surface area contributed by atoms with Crippen LogP contribution in [0.5, 0.6) is 5.75 Å². The van der Waals surface area contributed by atoms with Gasteiger partial charge in [0.25, 0.3) is 0 Å². The van der Waals surface area contributed by atoms with Gasteiger partial charge in [0.2, 0.25) is 0 Å². The number of hydrogen-bond acceptors (Lipinski definition) is 4. The monoisotopic (exact) mass is 438 g/mol. The topological polar surface area (TPSA) is 84.7 Å². The van der Waals surface area contributed by atoms with Gasteiger partial charge in [0.05, 0.1) is 13.3 Å². The highest BCUT2D eigenvalue weighted by Crippen LogP contribution is 2.25. The number of carbonyl (C=O) groups is 2. The molecule has 0 radical (unpaired) electrons. The number of halogens is 1. The van der Waals surface area contributed by atoms with Gasteiger partial charge in [-0.2, -0.15) is 5.10 Å². The second kappa shape index (κ2) is 9.49. The summed E-state index contributed by atoms with van der Waals surface area (Å²) in [5.74, 6) is -1.13. The number of ether oxygens (including phenoxy) is 1. The van der Waals surface area contributed by atoms with E-state index in [0.717, 1.165) is 28.2 Å². The highest BCUT2D eigenvalue weighted by Gasteiger charge is 2.14. The predicted molar refractivity (Wildman–Crippen MR) is 122 cm³/mol. The van der Waals surface area contributed by atoms with Gasteiger partial charge in [0.15, 0.2) is 0 Å². The van der Waals surface area contributed by atoms with E-state index in [1.54, 1.807) is 24.3 Å². The Morgan fingerprint density at radius 3 is 2.58 bits per heavy atom. The summed E-state index contributed by atoms with van der Waals surface area (Å²) in [7, 11) is 1.52. The van der Waals surface area contributed by atoms with E-state index in [0.29, 0.717) is 16.5 Å². The summed E-state index contributed by atoms with van der Waals surface area (Å²) in [6.45, 7) is 5.94. The third kappa shape index (κ3) is 5.13. The van der Waals surface area contributed by atoms with Gasteiger partial charge in [-0.1, -0.05) is 23.7 Å². The van der Waals surface area contributed by atoms with E-state index in [1.165, 1.54) is 13.3 Å². The molecule has 2 N–H and O–H groups in total. The molecule has 0 bridgehead atoms. The van der Waals surface area contributed by atoms with Crippen molar-refractivity contribution in [3.05, 3.63) is 76.1 Å². The molecule has 8 heteroatoms. The number of methoxy groups -OCH3 is 1. The zero-order valence-corrected chi connectivity index (χ0v) is 18.4. The number of carbonyl (C=O) groups excluding carboxylic acids is 2. The van der Waals surface area contributed by atoms with E-state index in [1.807, 2.05) is 45.0 Å². The molecular weight excluding hydrogens is 416 g/mol. The number of anilines is 1. The van der Waals surface area contributed by atoms with Gasteiger partial charge < -0.3 is 14.6 Å². The first kappa shape index (κ1) is 22.1. The summed E-state index contributed by atoms with van der Waals surface area (Å²) in [5.41, 5.74) is 7.49. The molecule has 7 nitrogen and oxygen atoms in total. The van der Waals surface area contributed by atoms with Gasteiger partial charge in [-0.3, -0.25) is 9.59 Å². The molecule has 0 saturated carbocycles. The minimum atomic E-state index is -0.876. The van der Waals surface area contributed by atoms with Crippen molar-refractivity contribution in [2.24, 2.45) is 5.10 Å². The highest BCUT2D eigenvalue weighted by molar-refractivity contribution is 6.39. The largest absolute Gasteiger partial charge is 0.497 e. The van der Waals surface area contributed by atoms with Gasteiger partial charge in [0, 0.05) is 39.4 Å². The Labute approximate surface area is 185 Å². The van der Waals surface area contributed by atoms with Crippen molar-refractivity contribution in [3.8, 4) is 11.4 Å². The van der Waals surface area contributed by atoms with Crippen LogP contribution in [0.1, 0.15) is 22.5 Å². The molecule has 0 aliphatic carbocycles. The summed E-state index contributed by atoms with van der Waals surface area (Å²) >= 11 is 6.17. The standard InChI is InChI=1S/C23H23ClN4O3/c1-14-8-9-18(24)11-21(14)28-15(2)10-17(16(28)3)13-25-27-23(30)22(29)26-19-6-5-7-20(12-19)31-4/h5-13H,1-4H3,(H,26,29)(H,27,30)/b25-13-. The summed E-state index contributed by atoms with van der Waals surface area (Å²) in [6, 6.07) is 14.4. The SMILES string of the molecule is COc1cccc(NC(=O)C(=O)N/N=C\c2cc(C)n(-c3cc(Cl)ccc3C)c2C)c1. The molecule has 0 aliphatic rings. The quantitative estimate of drug-likeness (QED) is 0.356. The maximum atomic E-state index is 12.1. The predicted octanol–water partition coefficient (Wildman–Crippen LogP) is 4.15. The Bertz CT molecular complexity index is 1170. The van der Waals surface area contributed by atoms with Crippen LogP contribution >= 0.6 is 11.6 Å². The second-order valence-corrected chi connectivity index (χ2v) is 7.41. The molecule has 31 heavy (non-hydrogen) atoms. The summed E-state index contributed by atoms with van der Waals surface area (Å²) in [5, 5.41) is 7.09. The van der Waals surface area contributed by atoms with Gasteiger partial charge in [-0.25, -0.2) is 5.43 Å². The normalized spacial score (nSPS) is 10.9. The third-order valence-electron chi connectivity index (χ3n) is 4.79. The lowest BCUT2D eigenvalue weighted by Gasteiger charge is -2.13. The average Bonchev–Trinajstić information content (AvgIpc) is 3.03. The number of aromatic nitrogens is 1. The molecule has 0 unspecified atom stereocenters. The molecule has 1 heterocycles. The molecule has 2 amide bonds. The van der Waals surface area contributed by atoms with E-state index in [-0.39, 0.29) is 0 Å². The first-order chi connectivity index (χ1) is 14.8. The third-order valence-corrected chi connectivity index (χ3v) is 5.02. The minimum absolute atomic E-state index is 0.448. The number of rotatable bonds is 5. The number of nitrogens with one attached hydrogen (secondary N) is 2. The zero-order valence-electron chi connectivity index (χ0n) is 17.7. The van der Waals surface area contributed by atoms with Gasteiger partial charge in [0.1, 0.15) is 5.75 Å². The van der Waals surface area contributed by atoms with Crippen LogP contribution in [0.2, 0.25) is 5.02 Å². The molecule has 3 rings (SSSR count). The lowest BCUT2D eigenvalue weighted by Crippen LogP contribution is -2.32. The molecule has 1 aromatic heterocycles. The lowest BCUT2D eigenvalue weighted by atomic mass is 10.2. The molecule has 0 aliphatic heterocycles. The van der Waals surface area contributed by atoms with E-state index in [4.69, 9.17) is 16.3 Å². The molecule has 0 atom stereocenters. The smallest absolute Gasteiger partial charge is 0.329 e. The number of hydrazone groups is 1. The van der Waals surface area contributed by atoms with Crippen molar-refractivity contribution >= 4 is 35.3 Å². The highest BCUT2D eigenvalue weighted by atomic mass is 35.5. The van der Waals surface area contributed by atoms with Crippen molar-refractivity contribution in [3.63, 3.8) is 0 Å². The molecule has 2 aromatic carbocycles. The van der Waals surface area contributed by atoms with Crippen LogP contribution in [-0.2, 0) is 9.59 Å². The van der Waals surface area contributed by atoms with E-state index in [2.05, 4.69) is 20.4 Å². The summed E-state index contributed by atoms with van der Waals surface area (Å²) < 4.78 is 7.16. The fourth-order valence-electron chi connectivity index (χ4n) is 3.21. The Kier molecular flexibility index (Phi) is 6.77. The van der Waals surface area contributed by atoms with Crippen LogP contribution in [0.4, 0.5) is 5.69 Å². The van der Waals surface area contributed by atoms with E-state index in [9.17, 15) is 9.59 Å². The van der Waals surface area contributed by atoms with Crippen molar-refractivity contribution in [1.82, 2.24) is 9.99 Å². The second-order valence-electron chi connectivity index (χ2n) is 6.98. The summed E-state index contributed by atoms with van der Waals surface area (Å²) in [6.07, 6.45) is 1.51. The Morgan fingerprint density at radius 2 is 1.84 bits per heavy atom. The van der Waals surface area contributed by atoms with Gasteiger partial charge >= 0.3 is 11.8 Å². The average molecular weight is 439 g/mol. The minimum Gasteiger partial charge on any atom is -0.497 e. The van der Waals surface area contributed by atoms with Crippen LogP contribution in [0.15, 0.2) is 53.6 Å². The van der Waals surface area contributed by atoms with Crippen molar-refractivity contribution in [2.45, 2.75) is 20.8 Å². The van der Waals surface area contributed by atoms with Crippen molar-refractivity contribution in [2.75, 3.05) is 12.4 Å². The Morgan fingerprint density at radius 1 is 1.06 bits per heavy atom. The lowest BCUT2D eigenvalue weighted by molar-refractivity contribution is -0.136. The number of aryl methyl sites for hydroxylation is 2. The molecule has 3 aromatic rings. The fraction of sp³-hybridized carbons (Fsp3) is 0.174. The van der Waals surface area contributed by atoms with Crippen LogP contribution in [0.25, 0.3) is 5.69 Å².